The molecule has 2 aromatic rings. The fourth-order valence-corrected chi connectivity index (χ4v) is 6.36. The number of nitrogens with one attached hydrogen (secondary N) is 1. The summed E-state index contributed by atoms with van der Waals surface area (Å²) in [6, 6.07) is 1.92. The number of nitrogens with two attached hydrogens (primary N) is 1. The molecule has 6 heterocycles. The smallest absolute Gasteiger partial charge is 0.252 e. The topological polar surface area (TPSA) is 107 Å². The molecule has 2 aromatic heterocycles. The Morgan fingerprint density at radius 2 is 2.11 bits per heavy atom. The molecular weight excluding hydrogens is 458 g/mol. The van der Waals surface area contributed by atoms with E-state index in [-0.39, 0.29) is 36.1 Å². The number of rotatable bonds is 4. The van der Waals surface area contributed by atoms with Crippen LogP contribution in [0.15, 0.2) is 12.3 Å². The average Bonchev–Trinajstić information content (AvgIpc) is 3.66. The van der Waals surface area contributed by atoms with E-state index in [1.54, 1.807) is 0 Å². The van der Waals surface area contributed by atoms with Gasteiger partial charge in [-0.1, -0.05) is 0 Å². The lowest BCUT2D eigenvalue weighted by Crippen LogP contribution is -2.53. The summed E-state index contributed by atoms with van der Waals surface area (Å²) < 4.78 is 3.89. The van der Waals surface area contributed by atoms with E-state index in [0.29, 0.717) is 0 Å². The highest BCUT2D eigenvalue weighted by Gasteiger charge is 2.50. The molecule has 0 radical (unpaired) electrons. The molecule has 0 spiro atoms. The van der Waals surface area contributed by atoms with Gasteiger partial charge in [0.2, 0.25) is 0 Å². The fourth-order valence-electron chi connectivity index (χ4n) is 6.36. The van der Waals surface area contributed by atoms with E-state index in [9.17, 15) is 4.79 Å². The van der Waals surface area contributed by atoms with Crippen LogP contribution in [-0.4, -0.2) is 99.8 Å². The number of likely N-dealkylation sites (N-methyl/N-ethyl adjacent to an activating group) is 1. The number of fused-ring (bicyclic) bond motifs is 1. The molecule has 5 unspecified atom stereocenters. The lowest BCUT2D eigenvalue weighted by molar-refractivity contribution is -0.653. The molecule has 1 amide bonds. The van der Waals surface area contributed by atoms with Crippen molar-refractivity contribution >= 4 is 23.6 Å². The minimum atomic E-state index is -0.288. The van der Waals surface area contributed by atoms with Gasteiger partial charge in [0, 0.05) is 50.0 Å². The lowest BCUT2D eigenvalue weighted by atomic mass is 9.91. The summed E-state index contributed by atoms with van der Waals surface area (Å²) in [6.07, 6.45) is 9.06. The molecule has 0 saturated carbocycles. The number of carbonyl (C=O) groups is 1. The highest BCUT2D eigenvalue weighted by atomic mass is 16.7. The van der Waals surface area contributed by atoms with Crippen molar-refractivity contribution in [3.05, 3.63) is 23.5 Å². The van der Waals surface area contributed by atoms with Crippen LogP contribution < -0.4 is 16.1 Å². The van der Waals surface area contributed by atoms with Gasteiger partial charge in [-0.15, -0.1) is 4.68 Å². The molecule has 194 valence electrons. The van der Waals surface area contributed by atoms with Crippen molar-refractivity contribution in [2.24, 2.45) is 11.7 Å². The van der Waals surface area contributed by atoms with Crippen LogP contribution in [0.2, 0.25) is 0 Å². The number of hydrogen-bond donors (Lipinski definition) is 2. The van der Waals surface area contributed by atoms with Crippen molar-refractivity contribution in [2.75, 3.05) is 45.2 Å². The van der Waals surface area contributed by atoms with Crippen molar-refractivity contribution in [2.45, 2.75) is 63.3 Å². The molecule has 0 aliphatic carbocycles. The SMILES string of the molecule is Cc1cn2nc(C3CCCCN3C(=O)C3C(C4CCNO4)C=[N+](C)N3C)cc2nc1N1CCC(N)C1. The van der Waals surface area contributed by atoms with Crippen LogP contribution in [0.5, 0.6) is 0 Å². The summed E-state index contributed by atoms with van der Waals surface area (Å²) in [4.78, 5) is 29.2. The summed E-state index contributed by atoms with van der Waals surface area (Å²) in [5, 5.41) is 6.96. The fraction of sp³-hybridized carbons (Fsp3) is 0.680. The van der Waals surface area contributed by atoms with Gasteiger partial charge < -0.3 is 15.5 Å². The summed E-state index contributed by atoms with van der Waals surface area (Å²) in [5.41, 5.74) is 12.0. The minimum absolute atomic E-state index is 0.00449. The van der Waals surface area contributed by atoms with Crippen LogP contribution in [0.3, 0.4) is 0 Å². The first-order chi connectivity index (χ1) is 17.4. The Labute approximate surface area is 211 Å². The number of hydroxylamine groups is 1. The van der Waals surface area contributed by atoms with Gasteiger partial charge in [-0.05, 0) is 39.0 Å². The molecule has 36 heavy (non-hydrogen) atoms. The van der Waals surface area contributed by atoms with Gasteiger partial charge in [-0.25, -0.2) is 15.0 Å². The molecule has 5 atom stereocenters. The van der Waals surface area contributed by atoms with Crippen molar-refractivity contribution in [1.82, 2.24) is 30.0 Å². The van der Waals surface area contributed by atoms with Gasteiger partial charge in [-0.3, -0.25) is 9.63 Å². The first-order valence-electron chi connectivity index (χ1n) is 13.3. The lowest BCUT2D eigenvalue weighted by Gasteiger charge is -2.38. The highest BCUT2D eigenvalue weighted by molar-refractivity contribution is 5.86. The predicted octanol–water partition coefficient (Wildman–Crippen LogP) is 0.481. The molecule has 11 heteroatoms. The van der Waals surface area contributed by atoms with Crippen LogP contribution >= 0.6 is 0 Å². The Bertz CT molecular complexity index is 1170. The standard InChI is InChI=1S/C25H38N9O2/c1-16-13-34-22(28-24(16)32-11-8-17(26)14-32)12-19(29-34)20-6-4-5-10-33(20)25(35)23-18(15-30(2)31(23)3)21-7-9-27-36-21/h12-13,15,17-18,20-21,23,27H,4-11,14,26H2,1-3H3/q+1. The maximum absolute atomic E-state index is 14.1. The average molecular weight is 497 g/mol. The van der Waals surface area contributed by atoms with E-state index in [1.807, 2.05) is 28.3 Å². The molecule has 0 bridgehead atoms. The van der Waals surface area contributed by atoms with Gasteiger partial charge in [0.15, 0.2) is 25.0 Å². The third-order valence-corrected chi connectivity index (χ3v) is 8.38. The van der Waals surface area contributed by atoms with Gasteiger partial charge in [-0.2, -0.15) is 10.1 Å². The minimum Gasteiger partial charge on any atom is -0.355 e. The van der Waals surface area contributed by atoms with E-state index >= 15 is 0 Å². The summed E-state index contributed by atoms with van der Waals surface area (Å²) in [5.74, 6) is 1.14. The van der Waals surface area contributed by atoms with Gasteiger partial charge in [0.25, 0.3) is 5.91 Å². The maximum atomic E-state index is 14.1. The predicted molar refractivity (Wildman–Crippen MR) is 136 cm³/mol. The molecule has 3 fully saturated rings. The Morgan fingerprint density at radius 1 is 1.25 bits per heavy atom. The molecule has 0 aromatic carbocycles. The number of hydrazine groups is 1. The molecule has 4 aliphatic rings. The first-order valence-corrected chi connectivity index (χ1v) is 13.3. The summed E-state index contributed by atoms with van der Waals surface area (Å²) in [7, 11) is 3.99. The van der Waals surface area contributed by atoms with Crippen LogP contribution in [-0.2, 0) is 9.63 Å². The Kier molecular flexibility index (Phi) is 6.09. The van der Waals surface area contributed by atoms with E-state index in [2.05, 4.69) is 40.7 Å². The molecule has 11 nitrogen and oxygen atoms in total. The molecule has 3 N–H and O–H groups in total. The number of anilines is 1. The second kappa shape index (κ2) is 9.28. The number of amides is 1. The van der Waals surface area contributed by atoms with Crippen molar-refractivity contribution < 1.29 is 14.3 Å². The molecule has 4 aliphatic heterocycles. The quantitative estimate of drug-likeness (QED) is 0.589. The summed E-state index contributed by atoms with van der Waals surface area (Å²) >= 11 is 0. The van der Waals surface area contributed by atoms with E-state index in [0.717, 1.165) is 81.0 Å². The third-order valence-electron chi connectivity index (χ3n) is 8.38. The van der Waals surface area contributed by atoms with E-state index < -0.39 is 0 Å². The van der Waals surface area contributed by atoms with Gasteiger partial charge >= 0.3 is 0 Å². The number of likely N-dealkylation sites (tertiary alicyclic amines) is 1. The van der Waals surface area contributed by atoms with Crippen molar-refractivity contribution in [3.63, 3.8) is 0 Å². The zero-order chi connectivity index (χ0) is 25.0. The van der Waals surface area contributed by atoms with Crippen LogP contribution in [0.4, 0.5) is 5.82 Å². The van der Waals surface area contributed by atoms with Crippen molar-refractivity contribution in [1.29, 1.82) is 0 Å². The molecule has 6 rings (SSSR count). The number of hydrogen-bond acceptors (Lipinski definition) is 8. The number of nitrogens with zero attached hydrogens (tertiary/aromatic N) is 7. The van der Waals surface area contributed by atoms with Crippen LogP contribution in [0.1, 0.15) is 49.4 Å². The molecular formula is C25H38N9O2+. The second-order valence-electron chi connectivity index (χ2n) is 10.8. The van der Waals surface area contributed by atoms with E-state index in [1.165, 1.54) is 0 Å². The van der Waals surface area contributed by atoms with Gasteiger partial charge in [0.1, 0.15) is 11.7 Å². The van der Waals surface area contributed by atoms with Crippen molar-refractivity contribution in [3.8, 4) is 0 Å². The van der Waals surface area contributed by atoms with Gasteiger partial charge in [0.05, 0.1) is 24.9 Å². The Morgan fingerprint density at radius 3 is 2.86 bits per heavy atom. The number of aromatic nitrogens is 3. The highest BCUT2D eigenvalue weighted by Crippen LogP contribution is 2.35. The Hall–Kier alpha value is -2.76. The number of piperidine rings is 1. The number of hydrazone groups is 1. The number of aryl methyl sites for hydroxylation is 1. The van der Waals surface area contributed by atoms with Crippen LogP contribution in [0.25, 0.3) is 5.65 Å². The maximum Gasteiger partial charge on any atom is 0.252 e. The Balaban J connectivity index is 1.29. The molecule has 3 saturated heterocycles. The normalized spacial score (nSPS) is 31.1. The first kappa shape index (κ1) is 23.6. The second-order valence-corrected chi connectivity index (χ2v) is 10.8. The monoisotopic (exact) mass is 496 g/mol. The number of carbonyl (C=O) groups excluding carboxylic acids is 1. The largest absolute Gasteiger partial charge is 0.355 e. The zero-order valence-electron chi connectivity index (χ0n) is 21.5. The van der Waals surface area contributed by atoms with E-state index in [4.69, 9.17) is 20.7 Å². The summed E-state index contributed by atoms with van der Waals surface area (Å²) in [6.45, 7) is 5.39. The van der Waals surface area contributed by atoms with Crippen LogP contribution in [0, 0.1) is 12.8 Å². The zero-order valence-corrected chi connectivity index (χ0v) is 21.5. The third kappa shape index (κ3) is 4.03.